The number of piperidine rings is 1. The summed E-state index contributed by atoms with van der Waals surface area (Å²) in [7, 11) is 0. The molecule has 0 bridgehead atoms. The van der Waals surface area contributed by atoms with Crippen LogP contribution in [0.15, 0.2) is 28.1 Å². The molecule has 28 heavy (non-hydrogen) atoms. The number of thiophene rings is 1. The molecule has 1 atom stereocenters. The fraction of sp³-hybridized carbons (Fsp3) is 0.476. The number of hydrogen-bond acceptors (Lipinski definition) is 6. The number of amides is 1. The lowest BCUT2D eigenvalue weighted by atomic mass is 9.97. The largest absolute Gasteiger partial charge is 0.350 e. The lowest BCUT2D eigenvalue weighted by Gasteiger charge is -2.36. The zero-order valence-electron chi connectivity index (χ0n) is 16.6. The maximum atomic E-state index is 13.0. The minimum atomic E-state index is -0.103. The van der Waals surface area contributed by atoms with Crippen LogP contribution in [0.3, 0.4) is 0 Å². The van der Waals surface area contributed by atoms with E-state index in [1.807, 2.05) is 19.9 Å². The standard InChI is InChI=1S/C21H26N4O2S/c1-13-6-8-25(9-7-13)17(18-5-4-10-28-18)12-22-20(26)16-11-14(2)23-21-19(16)15(3)24-27-21/h4-5,10-11,13,17H,6-9,12H2,1-3H3,(H,22,26)/t17-/m1/s1. The van der Waals surface area contributed by atoms with Crippen molar-refractivity contribution in [2.24, 2.45) is 5.92 Å². The molecule has 3 aromatic rings. The molecule has 0 aromatic carbocycles. The van der Waals surface area contributed by atoms with Crippen LogP contribution in [0, 0.1) is 19.8 Å². The van der Waals surface area contributed by atoms with Crippen molar-refractivity contribution in [3.05, 3.63) is 45.4 Å². The molecule has 1 N–H and O–H groups in total. The third-order valence-electron chi connectivity index (χ3n) is 5.58. The molecule has 148 valence electrons. The molecular formula is C21H26N4O2S. The second-order valence-electron chi connectivity index (χ2n) is 7.72. The monoisotopic (exact) mass is 398 g/mol. The third-order valence-corrected chi connectivity index (χ3v) is 6.55. The lowest BCUT2D eigenvalue weighted by molar-refractivity contribution is 0.0916. The number of aryl methyl sites for hydroxylation is 2. The fourth-order valence-electron chi connectivity index (χ4n) is 3.91. The van der Waals surface area contributed by atoms with Crippen LogP contribution in [0.25, 0.3) is 11.1 Å². The number of rotatable bonds is 5. The first-order valence-electron chi connectivity index (χ1n) is 9.82. The van der Waals surface area contributed by atoms with Crippen LogP contribution < -0.4 is 5.32 Å². The number of fused-ring (bicyclic) bond motifs is 1. The molecule has 6 nitrogen and oxygen atoms in total. The molecule has 1 aliphatic rings. The van der Waals surface area contributed by atoms with Crippen LogP contribution in [0.4, 0.5) is 0 Å². The molecule has 0 aliphatic carbocycles. The highest BCUT2D eigenvalue weighted by molar-refractivity contribution is 7.10. The summed E-state index contributed by atoms with van der Waals surface area (Å²) in [6.45, 7) is 8.74. The minimum absolute atomic E-state index is 0.103. The van der Waals surface area contributed by atoms with E-state index in [1.54, 1.807) is 11.3 Å². The van der Waals surface area contributed by atoms with Gasteiger partial charge in [0.25, 0.3) is 11.6 Å². The molecule has 4 heterocycles. The molecule has 7 heteroatoms. The van der Waals surface area contributed by atoms with Gasteiger partial charge in [-0.1, -0.05) is 18.1 Å². The van der Waals surface area contributed by atoms with E-state index in [1.165, 1.54) is 17.7 Å². The summed E-state index contributed by atoms with van der Waals surface area (Å²) < 4.78 is 5.26. The number of aromatic nitrogens is 2. The van der Waals surface area contributed by atoms with Crippen molar-refractivity contribution >= 4 is 28.3 Å². The van der Waals surface area contributed by atoms with E-state index in [2.05, 4.69) is 44.8 Å². The van der Waals surface area contributed by atoms with E-state index in [-0.39, 0.29) is 11.9 Å². The molecule has 3 aromatic heterocycles. The predicted octanol–water partition coefficient (Wildman–Crippen LogP) is 4.10. The second kappa shape index (κ2) is 8.01. The number of pyridine rings is 1. The summed E-state index contributed by atoms with van der Waals surface area (Å²) in [5.74, 6) is 0.674. The van der Waals surface area contributed by atoms with Crippen molar-refractivity contribution in [3.8, 4) is 0 Å². The Morgan fingerprint density at radius 2 is 2.18 bits per heavy atom. The van der Waals surface area contributed by atoms with E-state index in [0.29, 0.717) is 28.9 Å². The number of likely N-dealkylation sites (tertiary alicyclic amines) is 1. The molecule has 0 radical (unpaired) electrons. The summed E-state index contributed by atoms with van der Waals surface area (Å²) in [4.78, 5) is 21.2. The van der Waals surface area contributed by atoms with Crippen LogP contribution in [-0.2, 0) is 0 Å². The van der Waals surface area contributed by atoms with Gasteiger partial charge in [-0.2, -0.15) is 0 Å². The smallest absolute Gasteiger partial charge is 0.258 e. The molecule has 1 fully saturated rings. The molecule has 1 amide bonds. The Balaban J connectivity index is 1.54. The van der Waals surface area contributed by atoms with Crippen molar-refractivity contribution in [1.82, 2.24) is 20.4 Å². The summed E-state index contributed by atoms with van der Waals surface area (Å²) in [5.41, 5.74) is 2.43. The van der Waals surface area contributed by atoms with Crippen LogP contribution in [-0.4, -0.2) is 40.6 Å². The van der Waals surface area contributed by atoms with Crippen LogP contribution in [0.2, 0.25) is 0 Å². The van der Waals surface area contributed by atoms with E-state index >= 15 is 0 Å². The van der Waals surface area contributed by atoms with Gasteiger partial charge in [-0.25, -0.2) is 4.98 Å². The van der Waals surface area contributed by atoms with Crippen molar-refractivity contribution in [1.29, 1.82) is 0 Å². The maximum absolute atomic E-state index is 13.0. The predicted molar refractivity (Wildman–Crippen MR) is 111 cm³/mol. The topological polar surface area (TPSA) is 71.3 Å². The first-order chi connectivity index (χ1) is 13.5. The number of carbonyl (C=O) groups excluding carboxylic acids is 1. The van der Waals surface area contributed by atoms with Crippen LogP contribution in [0.5, 0.6) is 0 Å². The van der Waals surface area contributed by atoms with E-state index in [0.717, 1.165) is 24.7 Å². The Morgan fingerprint density at radius 1 is 1.39 bits per heavy atom. The lowest BCUT2D eigenvalue weighted by Crippen LogP contribution is -2.41. The van der Waals surface area contributed by atoms with Crippen LogP contribution in [0.1, 0.15) is 52.4 Å². The zero-order chi connectivity index (χ0) is 19.7. The van der Waals surface area contributed by atoms with Crippen molar-refractivity contribution in [3.63, 3.8) is 0 Å². The average Bonchev–Trinajstić information content (AvgIpc) is 3.33. The quantitative estimate of drug-likeness (QED) is 0.700. The second-order valence-corrected chi connectivity index (χ2v) is 8.70. The molecule has 0 saturated carbocycles. The zero-order valence-corrected chi connectivity index (χ0v) is 17.4. The van der Waals surface area contributed by atoms with Crippen molar-refractivity contribution < 1.29 is 9.32 Å². The minimum Gasteiger partial charge on any atom is -0.350 e. The van der Waals surface area contributed by atoms with Gasteiger partial charge in [0.05, 0.1) is 22.7 Å². The van der Waals surface area contributed by atoms with Gasteiger partial charge >= 0.3 is 0 Å². The Bertz CT molecular complexity index is 958. The molecule has 1 saturated heterocycles. The Kier molecular flexibility index (Phi) is 5.46. The summed E-state index contributed by atoms with van der Waals surface area (Å²) in [6, 6.07) is 6.26. The summed E-state index contributed by atoms with van der Waals surface area (Å²) in [5, 5.41) is 9.93. The number of nitrogens with one attached hydrogen (secondary N) is 1. The SMILES string of the molecule is Cc1cc(C(=O)NC[C@H](c2cccs2)N2CCC(C)CC2)c2c(C)noc2n1. The highest BCUT2D eigenvalue weighted by Gasteiger charge is 2.26. The average molecular weight is 399 g/mol. The Morgan fingerprint density at radius 3 is 2.89 bits per heavy atom. The first kappa shape index (κ1) is 19.1. The van der Waals surface area contributed by atoms with Gasteiger partial charge in [0.1, 0.15) is 0 Å². The van der Waals surface area contributed by atoms with Gasteiger partial charge in [-0.3, -0.25) is 9.69 Å². The van der Waals surface area contributed by atoms with Gasteiger partial charge in [-0.15, -0.1) is 11.3 Å². The van der Waals surface area contributed by atoms with Gasteiger partial charge in [0.15, 0.2) is 0 Å². The molecule has 4 rings (SSSR count). The highest BCUT2D eigenvalue weighted by atomic mass is 32.1. The van der Waals surface area contributed by atoms with Crippen molar-refractivity contribution in [2.45, 2.75) is 39.7 Å². The van der Waals surface area contributed by atoms with E-state index in [4.69, 9.17) is 4.52 Å². The summed E-state index contributed by atoms with van der Waals surface area (Å²) in [6.07, 6.45) is 2.42. The number of hydrogen-bond donors (Lipinski definition) is 1. The summed E-state index contributed by atoms with van der Waals surface area (Å²) >= 11 is 1.75. The highest BCUT2D eigenvalue weighted by Crippen LogP contribution is 2.29. The molecular weight excluding hydrogens is 372 g/mol. The third kappa shape index (κ3) is 3.82. The van der Waals surface area contributed by atoms with Gasteiger partial charge in [-0.05, 0) is 63.2 Å². The fourth-order valence-corrected chi connectivity index (χ4v) is 4.77. The number of carbonyl (C=O) groups is 1. The molecule has 1 aliphatic heterocycles. The van der Waals surface area contributed by atoms with E-state index < -0.39 is 0 Å². The van der Waals surface area contributed by atoms with Crippen molar-refractivity contribution in [2.75, 3.05) is 19.6 Å². The van der Waals surface area contributed by atoms with Crippen LogP contribution >= 0.6 is 11.3 Å². The maximum Gasteiger partial charge on any atom is 0.258 e. The Labute approximate surface area is 168 Å². The number of nitrogens with zero attached hydrogens (tertiary/aromatic N) is 3. The molecule has 0 spiro atoms. The van der Waals surface area contributed by atoms with Gasteiger partial charge in [0.2, 0.25) is 0 Å². The first-order valence-corrected chi connectivity index (χ1v) is 10.7. The van der Waals surface area contributed by atoms with Gasteiger partial charge in [0, 0.05) is 17.1 Å². The normalized spacial score (nSPS) is 17.1. The molecule has 0 unspecified atom stereocenters. The Hall–Kier alpha value is -2.25. The van der Waals surface area contributed by atoms with E-state index in [9.17, 15) is 4.79 Å². The van der Waals surface area contributed by atoms with Gasteiger partial charge < -0.3 is 9.84 Å².